The molecule has 42 heavy (non-hydrogen) atoms. The quantitative estimate of drug-likeness (QED) is 0.291. The molecule has 228 valence electrons. The van der Waals surface area contributed by atoms with Gasteiger partial charge in [0, 0.05) is 43.7 Å². The second-order valence-electron chi connectivity index (χ2n) is 11.1. The molecule has 1 aliphatic rings. The Bertz CT molecular complexity index is 1290. The van der Waals surface area contributed by atoms with Crippen LogP contribution in [0.15, 0.2) is 53.8 Å². The van der Waals surface area contributed by atoms with Crippen LogP contribution in [0, 0.1) is 23.0 Å². The lowest BCUT2D eigenvalue weighted by Gasteiger charge is -2.42. The van der Waals surface area contributed by atoms with Crippen molar-refractivity contribution in [2.45, 2.75) is 72.4 Å². The molecule has 0 saturated heterocycles. The molecule has 3 rings (SSSR count). The molecule has 1 heterocycles. The van der Waals surface area contributed by atoms with Crippen LogP contribution in [0.2, 0.25) is 0 Å². The molecule has 3 atom stereocenters. The van der Waals surface area contributed by atoms with Gasteiger partial charge in [-0.2, -0.15) is 10.2 Å². The van der Waals surface area contributed by atoms with E-state index >= 15 is 0 Å². The van der Waals surface area contributed by atoms with Gasteiger partial charge < -0.3 is 21.1 Å². The average Bonchev–Trinajstić information content (AvgIpc) is 2.94. The Morgan fingerprint density at radius 2 is 1.76 bits per heavy atom. The van der Waals surface area contributed by atoms with E-state index in [-0.39, 0.29) is 30.9 Å². The summed E-state index contributed by atoms with van der Waals surface area (Å²) in [7, 11) is 0. The fourth-order valence-electron chi connectivity index (χ4n) is 5.79. The summed E-state index contributed by atoms with van der Waals surface area (Å²) in [6.07, 6.45) is 6.22. The third-order valence-electron chi connectivity index (χ3n) is 7.71. The van der Waals surface area contributed by atoms with E-state index in [1.165, 1.54) is 12.1 Å². The number of nitrogens with two attached hydrogens (primary N) is 1. The Kier molecular flexibility index (Phi) is 11.9. The molecule has 2 aromatic rings. The van der Waals surface area contributed by atoms with Crippen LogP contribution < -0.4 is 11.1 Å². The van der Waals surface area contributed by atoms with Crippen molar-refractivity contribution in [3.8, 4) is 0 Å². The van der Waals surface area contributed by atoms with Crippen molar-refractivity contribution in [2.75, 3.05) is 19.6 Å². The van der Waals surface area contributed by atoms with Gasteiger partial charge in [-0.25, -0.2) is 8.78 Å². The summed E-state index contributed by atoms with van der Waals surface area (Å²) in [4.78, 5) is 28.8. The largest absolute Gasteiger partial charge is 0.391 e. The summed E-state index contributed by atoms with van der Waals surface area (Å²) in [5, 5.41) is 22.9. The zero-order valence-corrected chi connectivity index (χ0v) is 25.0. The number of nitrogens with zero attached hydrogens (tertiary/aromatic N) is 3. The van der Waals surface area contributed by atoms with Crippen LogP contribution in [0.3, 0.4) is 0 Å². The maximum absolute atomic E-state index is 14.2. The van der Waals surface area contributed by atoms with E-state index in [1.54, 1.807) is 30.2 Å². The maximum Gasteiger partial charge on any atom is 0.249 e. The lowest BCUT2D eigenvalue weighted by molar-refractivity contribution is -0.132. The first-order valence-electron chi connectivity index (χ1n) is 14.7. The molecule has 0 fully saturated rings. The molecule has 0 aliphatic heterocycles. The summed E-state index contributed by atoms with van der Waals surface area (Å²) in [5.41, 5.74) is 7.65. The minimum atomic E-state index is -1.49. The number of rotatable bonds is 15. The molecule has 2 amide bonds. The average molecular weight is 584 g/mol. The zero-order chi connectivity index (χ0) is 30.9. The fourth-order valence-corrected chi connectivity index (χ4v) is 5.79. The third kappa shape index (κ3) is 8.29. The van der Waals surface area contributed by atoms with Gasteiger partial charge in [-0.15, -0.1) is 0 Å². The van der Waals surface area contributed by atoms with Crippen molar-refractivity contribution in [3.05, 3.63) is 82.2 Å². The Hall–Kier alpha value is -3.50. The van der Waals surface area contributed by atoms with E-state index in [4.69, 9.17) is 5.73 Å². The van der Waals surface area contributed by atoms with Gasteiger partial charge in [0.1, 0.15) is 11.6 Å². The van der Waals surface area contributed by atoms with Gasteiger partial charge in [-0.05, 0) is 68.4 Å². The van der Waals surface area contributed by atoms with E-state index in [9.17, 15) is 23.5 Å². The number of aryl methyl sites for hydroxylation is 1. The van der Waals surface area contributed by atoms with Crippen molar-refractivity contribution in [1.82, 2.24) is 20.4 Å². The smallest absolute Gasteiger partial charge is 0.249 e. The normalized spacial score (nSPS) is 18.2. The Morgan fingerprint density at radius 3 is 2.36 bits per heavy atom. The number of hydrogen-bond donors (Lipinski definition) is 3. The molecule has 1 aromatic carbocycles. The van der Waals surface area contributed by atoms with Crippen molar-refractivity contribution in [1.29, 1.82) is 0 Å². The number of halogens is 2. The van der Waals surface area contributed by atoms with E-state index in [0.29, 0.717) is 36.5 Å². The van der Waals surface area contributed by atoms with Gasteiger partial charge in [-0.1, -0.05) is 38.5 Å². The molecular weight excluding hydrogens is 540 g/mol. The summed E-state index contributed by atoms with van der Waals surface area (Å²) >= 11 is 0. The van der Waals surface area contributed by atoms with Gasteiger partial charge in [0.2, 0.25) is 11.8 Å². The number of primary amides is 1. The minimum absolute atomic E-state index is 0.0349. The van der Waals surface area contributed by atoms with Gasteiger partial charge in [-0.3, -0.25) is 9.59 Å². The molecule has 10 heteroatoms. The van der Waals surface area contributed by atoms with Crippen molar-refractivity contribution >= 4 is 11.8 Å². The Morgan fingerprint density at radius 1 is 1.10 bits per heavy atom. The Balaban J connectivity index is 1.98. The minimum Gasteiger partial charge on any atom is -0.391 e. The lowest BCUT2D eigenvalue weighted by atomic mass is 9.63. The first-order valence-corrected chi connectivity index (χ1v) is 14.7. The highest BCUT2D eigenvalue weighted by Gasteiger charge is 2.48. The van der Waals surface area contributed by atoms with Gasteiger partial charge in [0.05, 0.1) is 23.4 Å². The summed E-state index contributed by atoms with van der Waals surface area (Å²) in [6, 6.07) is 5.05. The molecule has 0 radical (unpaired) electrons. The number of allylic oxidation sites excluding steroid dienone is 2. The molecule has 0 spiro atoms. The Labute approximate surface area is 247 Å². The van der Waals surface area contributed by atoms with E-state index in [2.05, 4.69) is 15.5 Å². The molecule has 8 nitrogen and oxygen atoms in total. The molecule has 0 bridgehead atoms. The first-order chi connectivity index (χ1) is 20.0. The zero-order valence-electron chi connectivity index (χ0n) is 25.0. The topological polar surface area (TPSA) is 121 Å². The number of carbonyl (C=O) groups is 2. The number of aliphatic hydroxyl groups is 1. The maximum atomic E-state index is 14.2. The third-order valence-corrected chi connectivity index (χ3v) is 7.71. The van der Waals surface area contributed by atoms with Crippen LogP contribution in [-0.4, -0.2) is 57.8 Å². The monoisotopic (exact) mass is 583 g/mol. The molecule has 1 aliphatic carbocycles. The predicted molar refractivity (Wildman–Crippen MR) is 158 cm³/mol. The highest BCUT2D eigenvalue weighted by atomic mass is 19.1. The number of benzene rings is 1. The van der Waals surface area contributed by atoms with Gasteiger partial charge in [0.25, 0.3) is 0 Å². The highest BCUT2D eigenvalue weighted by molar-refractivity contribution is 5.96. The molecule has 4 N–H and O–H groups in total. The summed E-state index contributed by atoms with van der Waals surface area (Å²) < 4.78 is 28.4. The second kappa shape index (κ2) is 15.1. The van der Waals surface area contributed by atoms with E-state index < -0.39 is 35.0 Å². The van der Waals surface area contributed by atoms with Crippen LogP contribution >= 0.6 is 0 Å². The number of amides is 2. The van der Waals surface area contributed by atoms with Crippen LogP contribution in [0.5, 0.6) is 0 Å². The lowest BCUT2D eigenvalue weighted by Crippen LogP contribution is -2.51. The number of aliphatic hydroxyl groups excluding tert-OH is 1. The number of nitrogens with one attached hydrogen (secondary N) is 1. The van der Waals surface area contributed by atoms with Crippen LogP contribution in [0.4, 0.5) is 8.78 Å². The highest BCUT2D eigenvalue weighted by Crippen LogP contribution is 2.44. The first kappa shape index (κ1) is 33.0. The van der Waals surface area contributed by atoms with Crippen LogP contribution in [0.25, 0.3) is 0 Å². The standard InChI is InChI=1S/C32H43F2N5O3/c1-5-8-39(9-6-2)30(41)24-10-21(4)16-32(17-24,31(35)42)28(14-23-11-25(33)15-26(34)12-23)29(40)20-36-19-27-13-22(7-3)18-37-38-27/h10-13,15-16,18,28-29,36,40H,5-9,14,17,19-20H2,1-4H3,(H2,35,42)/t28-,29+,32?/m1/s1. The SMILES string of the molecule is CCCN(CCC)C(=O)C1=CC(C)=CC(C(N)=O)([C@H](Cc2cc(F)cc(F)c2)[C@@H](O)CNCc2cc(CC)cnn2)C1. The van der Waals surface area contributed by atoms with Crippen molar-refractivity contribution in [2.24, 2.45) is 17.1 Å². The summed E-state index contributed by atoms with van der Waals surface area (Å²) in [6.45, 7) is 9.25. The van der Waals surface area contributed by atoms with Crippen LogP contribution in [0.1, 0.15) is 63.8 Å². The summed E-state index contributed by atoms with van der Waals surface area (Å²) in [5.74, 6) is -3.34. The van der Waals surface area contributed by atoms with E-state index in [1.807, 2.05) is 26.8 Å². The van der Waals surface area contributed by atoms with Crippen molar-refractivity contribution in [3.63, 3.8) is 0 Å². The van der Waals surface area contributed by atoms with Gasteiger partial charge in [0.15, 0.2) is 0 Å². The van der Waals surface area contributed by atoms with Crippen LogP contribution in [-0.2, 0) is 29.0 Å². The molecular formula is C32H43F2N5O3. The fraction of sp³-hybridized carbons (Fsp3) is 0.500. The molecule has 1 aromatic heterocycles. The van der Waals surface area contributed by atoms with E-state index in [0.717, 1.165) is 30.9 Å². The molecule has 0 saturated carbocycles. The number of carbonyl (C=O) groups excluding carboxylic acids is 2. The number of aromatic nitrogens is 2. The predicted octanol–water partition coefficient (Wildman–Crippen LogP) is 4.02. The number of hydrogen-bond acceptors (Lipinski definition) is 6. The van der Waals surface area contributed by atoms with Gasteiger partial charge >= 0.3 is 0 Å². The van der Waals surface area contributed by atoms with Crippen molar-refractivity contribution < 1.29 is 23.5 Å². The second-order valence-corrected chi connectivity index (χ2v) is 11.1. The molecule has 1 unspecified atom stereocenters.